The molecular formula is C17H21N3O3S. The van der Waals surface area contributed by atoms with E-state index in [0.29, 0.717) is 11.8 Å². The third-order valence-electron chi connectivity index (χ3n) is 4.80. The normalized spacial score (nSPS) is 24.5. The van der Waals surface area contributed by atoms with E-state index in [0.717, 1.165) is 55.7 Å². The zero-order chi connectivity index (χ0) is 16.5. The highest BCUT2D eigenvalue weighted by Crippen LogP contribution is 2.34. The molecule has 24 heavy (non-hydrogen) atoms. The summed E-state index contributed by atoms with van der Waals surface area (Å²) in [5.74, 6) is 1.16. The van der Waals surface area contributed by atoms with Crippen LogP contribution in [0.1, 0.15) is 71.3 Å². The molecule has 0 radical (unpaired) electrons. The molecule has 1 unspecified atom stereocenters. The largest absolute Gasteiger partial charge is 0.420 e. The van der Waals surface area contributed by atoms with E-state index < -0.39 is 0 Å². The first-order valence-electron chi connectivity index (χ1n) is 8.54. The first-order valence-corrected chi connectivity index (χ1v) is 9.42. The Kier molecular flexibility index (Phi) is 4.37. The Morgan fingerprint density at radius 3 is 2.88 bits per heavy atom. The summed E-state index contributed by atoms with van der Waals surface area (Å²) in [5, 5.41) is 10.4. The molecule has 2 aromatic rings. The number of piperidine rings is 1. The smallest absolute Gasteiger partial charge is 0.255 e. The lowest BCUT2D eigenvalue weighted by Gasteiger charge is -2.33. The van der Waals surface area contributed by atoms with Gasteiger partial charge in [-0.3, -0.25) is 4.79 Å². The van der Waals surface area contributed by atoms with Gasteiger partial charge >= 0.3 is 0 Å². The molecule has 0 saturated carbocycles. The predicted molar refractivity (Wildman–Crippen MR) is 88.9 cm³/mol. The molecule has 2 saturated heterocycles. The zero-order valence-electron chi connectivity index (χ0n) is 13.7. The van der Waals surface area contributed by atoms with Crippen molar-refractivity contribution in [2.24, 2.45) is 0 Å². The number of hydrogen-bond donors (Lipinski definition) is 0. The van der Waals surface area contributed by atoms with Crippen molar-refractivity contribution >= 4 is 17.2 Å². The molecule has 2 aliphatic heterocycles. The van der Waals surface area contributed by atoms with Crippen LogP contribution in [0.25, 0.3) is 0 Å². The number of likely N-dealkylation sites (tertiary alicyclic amines) is 1. The minimum Gasteiger partial charge on any atom is -0.420 e. The van der Waals surface area contributed by atoms with Crippen LogP contribution in [0.2, 0.25) is 0 Å². The van der Waals surface area contributed by atoms with Crippen molar-refractivity contribution in [1.29, 1.82) is 0 Å². The highest BCUT2D eigenvalue weighted by Gasteiger charge is 2.34. The second-order valence-electron chi connectivity index (χ2n) is 6.38. The number of aryl methyl sites for hydroxylation is 1. The molecule has 0 bridgehead atoms. The van der Waals surface area contributed by atoms with Gasteiger partial charge in [-0.15, -0.1) is 21.5 Å². The fraction of sp³-hybridized carbons (Fsp3) is 0.588. The van der Waals surface area contributed by atoms with Gasteiger partial charge in [-0.1, -0.05) is 0 Å². The molecule has 0 aliphatic carbocycles. The molecule has 128 valence electrons. The minimum absolute atomic E-state index is 0.0651. The fourth-order valence-corrected chi connectivity index (χ4v) is 4.17. The van der Waals surface area contributed by atoms with E-state index in [1.807, 2.05) is 23.3 Å². The third-order valence-corrected chi connectivity index (χ3v) is 5.64. The summed E-state index contributed by atoms with van der Waals surface area (Å²) in [6, 6.07) is 1.77. The number of aromatic nitrogens is 2. The lowest BCUT2D eigenvalue weighted by Crippen LogP contribution is -2.38. The topological polar surface area (TPSA) is 68.5 Å². The Hall–Kier alpha value is -1.73. The van der Waals surface area contributed by atoms with Gasteiger partial charge in [0.1, 0.15) is 12.1 Å². The molecule has 1 amide bonds. The standard InChI is InChI=1S/C17H21N3O3S/c1-11-12(7-10-24-11)17(21)20-8-3-2-5-13(20)15-18-19-16(23-15)14-6-4-9-22-14/h7,10,13-14H,2-6,8-9H2,1H3/t13?,14-/m1/s1. The molecule has 0 aromatic carbocycles. The van der Waals surface area contributed by atoms with E-state index in [1.54, 1.807) is 11.3 Å². The van der Waals surface area contributed by atoms with Crippen molar-refractivity contribution in [2.75, 3.05) is 13.2 Å². The molecular weight excluding hydrogens is 326 g/mol. The van der Waals surface area contributed by atoms with Crippen LogP contribution in [0.4, 0.5) is 0 Å². The summed E-state index contributed by atoms with van der Waals surface area (Å²) in [4.78, 5) is 15.9. The van der Waals surface area contributed by atoms with Crippen LogP contribution >= 0.6 is 11.3 Å². The molecule has 2 fully saturated rings. The summed E-state index contributed by atoms with van der Waals surface area (Å²) in [5.41, 5.74) is 0.783. The van der Waals surface area contributed by atoms with E-state index >= 15 is 0 Å². The van der Waals surface area contributed by atoms with E-state index in [1.165, 1.54) is 0 Å². The van der Waals surface area contributed by atoms with Crippen LogP contribution in [-0.2, 0) is 4.74 Å². The second-order valence-corrected chi connectivity index (χ2v) is 7.50. The number of ether oxygens (including phenoxy) is 1. The van der Waals surface area contributed by atoms with Crippen LogP contribution in [-0.4, -0.2) is 34.2 Å². The average Bonchev–Trinajstić information content (AvgIpc) is 3.35. The van der Waals surface area contributed by atoms with Crippen molar-refractivity contribution < 1.29 is 13.9 Å². The van der Waals surface area contributed by atoms with Crippen molar-refractivity contribution in [3.05, 3.63) is 33.7 Å². The quantitative estimate of drug-likeness (QED) is 0.847. The first kappa shape index (κ1) is 15.8. The maximum Gasteiger partial charge on any atom is 0.255 e. The van der Waals surface area contributed by atoms with Gasteiger partial charge in [0.05, 0.1) is 5.56 Å². The summed E-state index contributed by atoms with van der Waals surface area (Å²) < 4.78 is 11.5. The number of amides is 1. The number of rotatable bonds is 3. The van der Waals surface area contributed by atoms with Gasteiger partial charge in [0, 0.05) is 18.0 Å². The number of carbonyl (C=O) groups excluding carboxylic acids is 1. The molecule has 4 rings (SSSR count). The summed E-state index contributed by atoms with van der Waals surface area (Å²) in [6.45, 7) is 3.46. The van der Waals surface area contributed by atoms with Crippen LogP contribution in [0.3, 0.4) is 0 Å². The Morgan fingerprint density at radius 2 is 2.12 bits per heavy atom. The monoisotopic (exact) mass is 347 g/mol. The molecule has 2 atom stereocenters. The van der Waals surface area contributed by atoms with Crippen molar-refractivity contribution in [3.8, 4) is 0 Å². The summed E-state index contributed by atoms with van der Waals surface area (Å²) in [7, 11) is 0. The molecule has 0 spiro atoms. The van der Waals surface area contributed by atoms with Crippen LogP contribution in [0, 0.1) is 6.92 Å². The van der Waals surface area contributed by atoms with Crippen LogP contribution in [0.5, 0.6) is 0 Å². The van der Waals surface area contributed by atoms with E-state index in [2.05, 4.69) is 10.2 Å². The minimum atomic E-state index is -0.131. The molecule has 2 aromatic heterocycles. The zero-order valence-corrected chi connectivity index (χ0v) is 14.6. The van der Waals surface area contributed by atoms with Gasteiger partial charge in [0.2, 0.25) is 11.8 Å². The summed E-state index contributed by atoms with van der Waals surface area (Å²) >= 11 is 1.60. The molecule has 7 heteroatoms. The summed E-state index contributed by atoms with van der Waals surface area (Å²) in [6.07, 6.45) is 4.80. The Bertz CT molecular complexity index is 720. The van der Waals surface area contributed by atoms with Crippen molar-refractivity contribution in [2.45, 2.75) is 51.2 Å². The van der Waals surface area contributed by atoms with Crippen LogP contribution in [0.15, 0.2) is 15.9 Å². The number of hydrogen-bond acceptors (Lipinski definition) is 6. The average molecular weight is 347 g/mol. The first-order chi connectivity index (χ1) is 11.7. The predicted octanol–water partition coefficient (Wildman–Crippen LogP) is 3.66. The Balaban J connectivity index is 1.58. The molecule has 6 nitrogen and oxygen atoms in total. The lowest BCUT2D eigenvalue weighted by atomic mass is 10.0. The lowest BCUT2D eigenvalue weighted by molar-refractivity contribution is 0.0549. The van der Waals surface area contributed by atoms with Gasteiger partial charge < -0.3 is 14.1 Å². The fourth-order valence-electron chi connectivity index (χ4n) is 3.48. The van der Waals surface area contributed by atoms with Gasteiger partial charge in [0.25, 0.3) is 5.91 Å². The maximum atomic E-state index is 12.9. The Morgan fingerprint density at radius 1 is 1.25 bits per heavy atom. The molecule has 2 aliphatic rings. The van der Waals surface area contributed by atoms with Gasteiger partial charge in [-0.2, -0.15) is 0 Å². The van der Waals surface area contributed by atoms with E-state index in [9.17, 15) is 4.79 Å². The highest BCUT2D eigenvalue weighted by atomic mass is 32.1. The van der Waals surface area contributed by atoms with Crippen LogP contribution < -0.4 is 0 Å². The Labute approximate surface area is 144 Å². The SMILES string of the molecule is Cc1sccc1C(=O)N1CCCCC1c1nnc([C@H]2CCCO2)o1. The van der Waals surface area contributed by atoms with E-state index in [-0.39, 0.29) is 18.1 Å². The van der Waals surface area contributed by atoms with Crippen molar-refractivity contribution in [3.63, 3.8) is 0 Å². The molecule has 0 N–H and O–H groups in total. The van der Waals surface area contributed by atoms with Crippen molar-refractivity contribution in [1.82, 2.24) is 15.1 Å². The highest BCUT2D eigenvalue weighted by molar-refractivity contribution is 7.10. The van der Waals surface area contributed by atoms with Gasteiger partial charge in [0.15, 0.2) is 0 Å². The number of thiophene rings is 1. The van der Waals surface area contributed by atoms with Gasteiger partial charge in [-0.05, 0) is 50.5 Å². The van der Waals surface area contributed by atoms with E-state index in [4.69, 9.17) is 9.15 Å². The third kappa shape index (κ3) is 2.86. The molecule has 4 heterocycles. The van der Waals surface area contributed by atoms with Gasteiger partial charge in [-0.25, -0.2) is 0 Å². The number of carbonyl (C=O) groups is 1. The maximum absolute atomic E-state index is 12.9. The second kappa shape index (κ2) is 6.64. The number of nitrogens with zero attached hydrogens (tertiary/aromatic N) is 3.